The number of carboxylic acid groups (broad SMARTS) is 1. The second-order valence-corrected chi connectivity index (χ2v) is 3.13. The molecular weight excluding hydrogens is 228 g/mol. The molecule has 0 spiro atoms. The standard InChI is InChI=1S/C10H12N2O5/c13-8-3-1-2-7(12-8)10(16)11-4-5-17-6-9(14)15/h1-3H,4-6H2,(H,11,16)(H,12,13)(H,14,15). The average Bonchev–Trinajstić information content (AvgIpc) is 2.28. The second kappa shape index (κ2) is 6.44. The molecule has 0 fully saturated rings. The number of carbonyl (C=O) groups is 2. The summed E-state index contributed by atoms with van der Waals surface area (Å²) in [6, 6.07) is 4.23. The number of aromatic nitrogens is 1. The number of pyridine rings is 1. The van der Waals surface area contributed by atoms with Gasteiger partial charge in [0.05, 0.1) is 6.61 Å². The SMILES string of the molecule is O=C(O)COCCNC(=O)c1cccc(=O)[nH]1. The maximum absolute atomic E-state index is 11.4. The molecule has 1 amide bonds. The molecule has 1 aromatic rings. The summed E-state index contributed by atoms with van der Waals surface area (Å²) in [5.41, 5.74) is -0.212. The summed E-state index contributed by atoms with van der Waals surface area (Å²) < 4.78 is 4.72. The van der Waals surface area contributed by atoms with Crippen molar-refractivity contribution in [2.75, 3.05) is 19.8 Å². The molecule has 0 aliphatic carbocycles. The Bertz CT molecular complexity index is 454. The first-order chi connectivity index (χ1) is 8.09. The summed E-state index contributed by atoms with van der Waals surface area (Å²) in [6.45, 7) is -0.143. The van der Waals surface area contributed by atoms with Crippen LogP contribution in [0.4, 0.5) is 0 Å². The predicted molar refractivity (Wildman–Crippen MR) is 57.9 cm³/mol. The third-order valence-electron chi connectivity index (χ3n) is 1.77. The number of aromatic amines is 1. The van der Waals surface area contributed by atoms with Gasteiger partial charge in [0.2, 0.25) is 5.56 Å². The van der Waals surface area contributed by atoms with Gasteiger partial charge in [-0.1, -0.05) is 6.07 Å². The molecule has 1 rings (SSSR count). The summed E-state index contributed by atoms with van der Waals surface area (Å²) in [7, 11) is 0. The van der Waals surface area contributed by atoms with E-state index in [1.165, 1.54) is 18.2 Å². The van der Waals surface area contributed by atoms with Gasteiger partial charge in [0, 0.05) is 12.6 Å². The van der Waals surface area contributed by atoms with Crippen LogP contribution in [0.5, 0.6) is 0 Å². The van der Waals surface area contributed by atoms with Crippen LogP contribution in [0, 0.1) is 0 Å². The van der Waals surface area contributed by atoms with Crippen molar-refractivity contribution < 1.29 is 19.4 Å². The number of hydrogen-bond donors (Lipinski definition) is 3. The van der Waals surface area contributed by atoms with Crippen LogP contribution in [0.2, 0.25) is 0 Å². The van der Waals surface area contributed by atoms with Crippen LogP contribution in [0.25, 0.3) is 0 Å². The Morgan fingerprint density at radius 2 is 2.18 bits per heavy atom. The van der Waals surface area contributed by atoms with Gasteiger partial charge in [0.15, 0.2) is 0 Å². The van der Waals surface area contributed by atoms with E-state index >= 15 is 0 Å². The maximum atomic E-state index is 11.4. The van der Waals surface area contributed by atoms with Gasteiger partial charge in [-0.3, -0.25) is 9.59 Å². The Hall–Kier alpha value is -2.15. The highest BCUT2D eigenvalue weighted by molar-refractivity contribution is 5.92. The van der Waals surface area contributed by atoms with E-state index in [1.54, 1.807) is 0 Å². The molecule has 0 saturated carbocycles. The quantitative estimate of drug-likeness (QED) is 0.564. The van der Waals surface area contributed by atoms with Crippen LogP contribution < -0.4 is 10.9 Å². The van der Waals surface area contributed by atoms with Crippen molar-refractivity contribution in [1.82, 2.24) is 10.3 Å². The molecule has 0 aromatic carbocycles. The Kier molecular flexibility index (Phi) is 4.89. The molecule has 7 heteroatoms. The molecule has 1 aromatic heterocycles. The third-order valence-corrected chi connectivity index (χ3v) is 1.77. The van der Waals surface area contributed by atoms with Gasteiger partial charge in [-0.2, -0.15) is 0 Å². The molecule has 3 N–H and O–H groups in total. The lowest BCUT2D eigenvalue weighted by Crippen LogP contribution is -2.29. The van der Waals surface area contributed by atoms with Crippen molar-refractivity contribution in [3.63, 3.8) is 0 Å². The van der Waals surface area contributed by atoms with Crippen molar-refractivity contribution in [2.45, 2.75) is 0 Å². The van der Waals surface area contributed by atoms with E-state index in [1.807, 2.05) is 0 Å². The molecule has 0 radical (unpaired) electrons. The normalized spacial score (nSPS) is 9.88. The minimum Gasteiger partial charge on any atom is -0.480 e. The number of aliphatic carboxylic acids is 1. The van der Waals surface area contributed by atoms with Crippen molar-refractivity contribution in [1.29, 1.82) is 0 Å². The predicted octanol–water partition coefficient (Wildman–Crippen LogP) is -0.794. The molecule has 92 valence electrons. The smallest absolute Gasteiger partial charge is 0.329 e. The van der Waals surface area contributed by atoms with Gasteiger partial charge in [-0.05, 0) is 6.07 Å². The molecule has 7 nitrogen and oxygen atoms in total. The molecule has 17 heavy (non-hydrogen) atoms. The van der Waals surface area contributed by atoms with E-state index in [0.717, 1.165) is 0 Å². The summed E-state index contributed by atoms with van der Waals surface area (Å²) >= 11 is 0. The zero-order valence-electron chi connectivity index (χ0n) is 8.93. The highest BCUT2D eigenvalue weighted by Crippen LogP contribution is 1.89. The first kappa shape index (κ1) is 12.9. The topological polar surface area (TPSA) is 108 Å². The fourth-order valence-electron chi connectivity index (χ4n) is 1.07. The lowest BCUT2D eigenvalue weighted by molar-refractivity contribution is -0.142. The van der Waals surface area contributed by atoms with Gasteiger partial charge >= 0.3 is 5.97 Å². The highest BCUT2D eigenvalue weighted by atomic mass is 16.5. The monoisotopic (exact) mass is 240 g/mol. The van der Waals surface area contributed by atoms with E-state index in [4.69, 9.17) is 9.84 Å². The zero-order chi connectivity index (χ0) is 12.7. The van der Waals surface area contributed by atoms with Crippen molar-refractivity contribution in [2.24, 2.45) is 0 Å². The maximum Gasteiger partial charge on any atom is 0.329 e. The van der Waals surface area contributed by atoms with Gasteiger partial charge in [0.1, 0.15) is 12.3 Å². The molecule has 0 aliphatic rings. The Morgan fingerprint density at radius 3 is 2.82 bits per heavy atom. The number of hydrogen-bond acceptors (Lipinski definition) is 4. The van der Waals surface area contributed by atoms with E-state index in [-0.39, 0.29) is 24.4 Å². The Balaban J connectivity index is 2.30. The Morgan fingerprint density at radius 1 is 1.41 bits per heavy atom. The van der Waals surface area contributed by atoms with Crippen molar-refractivity contribution >= 4 is 11.9 Å². The number of rotatable bonds is 6. The van der Waals surface area contributed by atoms with Gasteiger partial charge < -0.3 is 20.1 Å². The fourth-order valence-corrected chi connectivity index (χ4v) is 1.07. The van der Waals surface area contributed by atoms with E-state index in [9.17, 15) is 14.4 Å². The molecule has 0 atom stereocenters. The van der Waals surface area contributed by atoms with Crippen molar-refractivity contribution in [3.8, 4) is 0 Å². The number of ether oxygens (including phenoxy) is 1. The van der Waals surface area contributed by atoms with Gasteiger partial charge in [-0.25, -0.2) is 4.79 Å². The second-order valence-electron chi connectivity index (χ2n) is 3.13. The van der Waals surface area contributed by atoms with E-state index < -0.39 is 18.5 Å². The lowest BCUT2D eigenvalue weighted by atomic mass is 10.3. The summed E-state index contributed by atoms with van der Waals surface area (Å²) in [5.74, 6) is -1.51. The highest BCUT2D eigenvalue weighted by Gasteiger charge is 2.04. The largest absolute Gasteiger partial charge is 0.480 e. The van der Waals surface area contributed by atoms with Gasteiger partial charge in [-0.15, -0.1) is 0 Å². The van der Waals surface area contributed by atoms with E-state index in [2.05, 4.69) is 10.3 Å². The van der Waals surface area contributed by atoms with Crippen molar-refractivity contribution in [3.05, 3.63) is 34.2 Å². The third kappa shape index (κ3) is 4.94. The van der Waals surface area contributed by atoms with Crippen LogP contribution in [0.15, 0.2) is 23.0 Å². The van der Waals surface area contributed by atoms with Crippen LogP contribution in [-0.2, 0) is 9.53 Å². The van der Waals surface area contributed by atoms with Crippen LogP contribution in [0.3, 0.4) is 0 Å². The summed E-state index contributed by atoms with van der Waals surface area (Å²) in [5, 5.41) is 10.8. The molecule has 0 saturated heterocycles. The first-order valence-electron chi connectivity index (χ1n) is 4.86. The van der Waals surface area contributed by atoms with Crippen LogP contribution >= 0.6 is 0 Å². The number of carboxylic acids is 1. The summed E-state index contributed by atoms with van der Waals surface area (Å²) in [6.07, 6.45) is 0. The lowest BCUT2D eigenvalue weighted by Gasteiger charge is -2.04. The number of H-pyrrole nitrogens is 1. The average molecular weight is 240 g/mol. The minimum atomic E-state index is -1.07. The Labute approximate surface area is 96.4 Å². The minimum absolute atomic E-state index is 0.0924. The fraction of sp³-hybridized carbons (Fsp3) is 0.300. The number of carbonyl (C=O) groups excluding carboxylic acids is 1. The zero-order valence-corrected chi connectivity index (χ0v) is 8.93. The molecule has 0 aliphatic heterocycles. The molecule has 0 bridgehead atoms. The number of amides is 1. The van der Waals surface area contributed by atoms with Gasteiger partial charge in [0.25, 0.3) is 5.91 Å². The molecule has 1 heterocycles. The van der Waals surface area contributed by atoms with E-state index in [0.29, 0.717) is 0 Å². The van der Waals surface area contributed by atoms with Crippen LogP contribution in [0.1, 0.15) is 10.5 Å². The van der Waals surface area contributed by atoms with Crippen LogP contribution in [-0.4, -0.2) is 41.7 Å². The summed E-state index contributed by atoms with van der Waals surface area (Å²) in [4.78, 5) is 34.8. The first-order valence-corrected chi connectivity index (χ1v) is 4.86. The molecule has 0 unspecified atom stereocenters. The molecular formula is C10H12N2O5. The number of nitrogens with one attached hydrogen (secondary N) is 2.